The van der Waals surface area contributed by atoms with Gasteiger partial charge in [-0.2, -0.15) is 0 Å². The zero-order valence-electron chi connectivity index (χ0n) is 10.3. The van der Waals surface area contributed by atoms with Crippen LogP contribution < -0.4 is 10.1 Å². The molecule has 19 heavy (non-hydrogen) atoms. The van der Waals surface area contributed by atoms with Gasteiger partial charge in [-0.05, 0) is 25.1 Å². The number of halogens is 1. The lowest BCUT2D eigenvalue weighted by Gasteiger charge is -2.11. The largest absolute Gasteiger partial charge is 0.472 e. The SMILES string of the molecule is Fc1cccc(-c2cncc(OC3CCNC3)n2)c1. The smallest absolute Gasteiger partial charge is 0.233 e. The summed E-state index contributed by atoms with van der Waals surface area (Å²) < 4.78 is 18.9. The van der Waals surface area contributed by atoms with Gasteiger partial charge in [0.05, 0.1) is 18.1 Å². The second-order valence-corrected chi connectivity index (χ2v) is 4.49. The molecule has 0 radical (unpaired) electrons. The highest BCUT2D eigenvalue weighted by Crippen LogP contribution is 2.20. The predicted octanol–water partition coefficient (Wildman–Crippen LogP) is 2.02. The van der Waals surface area contributed by atoms with E-state index in [-0.39, 0.29) is 11.9 Å². The molecule has 98 valence electrons. The van der Waals surface area contributed by atoms with Crippen molar-refractivity contribution in [3.8, 4) is 17.1 Å². The Morgan fingerprint density at radius 1 is 1.32 bits per heavy atom. The van der Waals surface area contributed by atoms with Crippen molar-refractivity contribution in [3.63, 3.8) is 0 Å². The van der Waals surface area contributed by atoms with Gasteiger partial charge in [-0.3, -0.25) is 4.98 Å². The van der Waals surface area contributed by atoms with Crippen LogP contribution in [0.15, 0.2) is 36.7 Å². The monoisotopic (exact) mass is 259 g/mol. The molecule has 2 aromatic rings. The minimum Gasteiger partial charge on any atom is -0.472 e. The molecule has 1 aromatic heterocycles. The lowest BCUT2D eigenvalue weighted by atomic mass is 10.1. The van der Waals surface area contributed by atoms with Crippen LogP contribution in [-0.4, -0.2) is 29.2 Å². The molecule has 4 nitrogen and oxygen atoms in total. The summed E-state index contributed by atoms with van der Waals surface area (Å²) in [5.74, 6) is 0.195. The number of nitrogens with zero attached hydrogens (tertiary/aromatic N) is 2. The fraction of sp³-hybridized carbons (Fsp3) is 0.286. The molecule has 1 fully saturated rings. The lowest BCUT2D eigenvalue weighted by molar-refractivity contribution is 0.213. The second-order valence-electron chi connectivity index (χ2n) is 4.49. The highest BCUT2D eigenvalue weighted by Gasteiger charge is 2.16. The van der Waals surface area contributed by atoms with Crippen LogP contribution in [0.2, 0.25) is 0 Å². The molecule has 1 aliphatic heterocycles. The first-order valence-electron chi connectivity index (χ1n) is 6.26. The molecule has 1 N–H and O–H groups in total. The summed E-state index contributed by atoms with van der Waals surface area (Å²) in [4.78, 5) is 8.47. The highest BCUT2D eigenvalue weighted by atomic mass is 19.1. The average Bonchev–Trinajstić information content (AvgIpc) is 2.92. The maximum Gasteiger partial charge on any atom is 0.233 e. The molecule has 0 saturated carbocycles. The van der Waals surface area contributed by atoms with Crippen LogP contribution >= 0.6 is 0 Å². The summed E-state index contributed by atoms with van der Waals surface area (Å²) >= 11 is 0. The molecule has 0 spiro atoms. The summed E-state index contributed by atoms with van der Waals surface area (Å²) in [5.41, 5.74) is 1.31. The first kappa shape index (κ1) is 12.0. The number of hydrogen-bond acceptors (Lipinski definition) is 4. The van der Waals surface area contributed by atoms with Crippen molar-refractivity contribution >= 4 is 0 Å². The molecule has 1 aliphatic rings. The predicted molar refractivity (Wildman–Crippen MR) is 69.3 cm³/mol. The Balaban J connectivity index is 1.82. The van der Waals surface area contributed by atoms with Crippen molar-refractivity contribution in [2.24, 2.45) is 0 Å². The molecule has 1 saturated heterocycles. The Labute approximate surface area is 110 Å². The van der Waals surface area contributed by atoms with Crippen molar-refractivity contribution < 1.29 is 9.13 Å². The van der Waals surface area contributed by atoms with E-state index in [9.17, 15) is 4.39 Å². The molecule has 0 amide bonds. The molecule has 1 aromatic carbocycles. The number of rotatable bonds is 3. The van der Waals surface area contributed by atoms with Crippen molar-refractivity contribution in [3.05, 3.63) is 42.5 Å². The van der Waals surface area contributed by atoms with Crippen LogP contribution in [0.25, 0.3) is 11.3 Å². The summed E-state index contributed by atoms with van der Waals surface area (Å²) in [6.07, 6.45) is 4.29. The van der Waals surface area contributed by atoms with Gasteiger partial charge in [0.25, 0.3) is 0 Å². The van der Waals surface area contributed by atoms with Crippen molar-refractivity contribution in [1.29, 1.82) is 0 Å². The van der Waals surface area contributed by atoms with Crippen LogP contribution in [0.3, 0.4) is 0 Å². The van der Waals surface area contributed by atoms with Crippen molar-refractivity contribution in [2.75, 3.05) is 13.1 Å². The van der Waals surface area contributed by atoms with Gasteiger partial charge in [-0.25, -0.2) is 9.37 Å². The van der Waals surface area contributed by atoms with Crippen LogP contribution in [0, 0.1) is 5.82 Å². The molecular formula is C14H14FN3O. The van der Waals surface area contributed by atoms with E-state index in [1.54, 1.807) is 24.5 Å². The minimum absolute atomic E-state index is 0.136. The number of ether oxygens (including phenoxy) is 1. The van der Waals surface area contributed by atoms with Crippen LogP contribution in [0.1, 0.15) is 6.42 Å². The van der Waals surface area contributed by atoms with E-state index in [1.807, 2.05) is 0 Å². The third-order valence-corrected chi connectivity index (χ3v) is 3.04. The summed E-state index contributed by atoms with van der Waals surface area (Å²) in [5, 5.41) is 3.22. The zero-order valence-corrected chi connectivity index (χ0v) is 10.3. The van der Waals surface area contributed by atoms with Gasteiger partial charge in [-0.1, -0.05) is 12.1 Å². The van der Waals surface area contributed by atoms with Gasteiger partial charge >= 0.3 is 0 Å². The maximum absolute atomic E-state index is 13.2. The standard InChI is InChI=1S/C14H14FN3O/c15-11-3-1-2-10(6-11)13-8-17-9-14(18-13)19-12-4-5-16-7-12/h1-3,6,8-9,12,16H,4-5,7H2. The average molecular weight is 259 g/mol. The fourth-order valence-electron chi connectivity index (χ4n) is 2.09. The van der Waals surface area contributed by atoms with Gasteiger partial charge in [-0.15, -0.1) is 0 Å². The van der Waals surface area contributed by atoms with E-state index in [4.69, 9.17) is 4.74 Å². The van der Waals surface area contributed by atoms with Crippen molar-refractivity contribution in [1.82, 2.24) is 15.3 Å². The summed E-state index contributed by atoms with van der Waals surface area (Å²) in [6.45, 7) is 1.79. The number of benzene rings is 1. The van der Waals surface area contributed by atoms with E-state index in [0.717, 1.165) is 19.5 Å². The summed E-state index contributed by atoms with van der Waals surface area (Å²) in [6, 6.07) is 6.29. The topological polar surface area (TPSA) is 47.0 Å². The second kappa shape index (κ2) is 5.32. The normalized spacial score (nSPS) is 18.5. The fourth-order valence-corrected chi connectivity index (χ4v) is 2.09. The van der Waals surface area contributed by atoms with Gasteiger partial charge in [0.15, 0.2) is 0 Å². The van der Waals surface area contributed by atoms with Gasteiger partial charge in [0.1, 0.15) is 11.9 Å². The maximum atomic E-state index is 13.2. The quantitative estimate of drug-likeness (QED) is 0.916. The number of nitrogens with one attached hydrogen (secondary N) is 1. The molecule has 0 bridgehead atoms. The van der Waals surface area contributed by atoms with Crippen LogP contribution in [-0.2, 0) is 0 Å². The summed E-state index contributed by atoms with van der Waals surface area (Å²) in [7, 11) is 0. The Morgan fingerprint density at radius 3 is 3.05 bits per heavy atom. The highest BCUT2D eigenvalue weighted by molar-refractivity contribution is 5.58. The molecule has 5 heteroatoms. The lowest BCUT2D eigenvalue weighted by Crippen LogP contribution is -2.20. The van der Waals surface area contributed by atoms with Crippen LogP contribution in [0.5, 0.6) is 5.88 Å². The zero-order chi connectivity index (χ0) is 13.1. The number of aromatic nitrogens is 2. The van der Waals surface area contributed by atoms with E-state index >= 15 is 0 Å². The third-order valence-electron chi connectivity index (χ3n) is 3.04. The van der Waals surface area contributed by atoms with E-state index in [1.165, 1.54) is 12.1 Å². The first-order chi connectivity index (χ1) is 9.31. The van der Waals surface area contributed by atoms with E-state index < -0.39 is 0 Å². The molecule has 2 heterocycles. The number of hydrogen-bond donors (Lipinski definition) is 1. The van der Waals surface area contributed by atoms with E-state index in [2.05, 4.69) is 15.3 Å². The van der Waals surface area contributed by atoms with Gasteiger partial charge < -0.3 is 10.1 Å². The molecule has 1 unspecified atom stereocenters. The Bertz CT molecular complexity index is 570. The Morgan fingerprint density at radius 2 is 2.26 bits per heavy atom. The Hall–Kier alpha value is -2.01. The third kappa shape index (κ3) is 2.88. The van der Waals surface area contributed by atoms with E-state index in [0.29, 0.717) is 17.1 Å². The van der Waals surface area contributed by atoms with Crippen LogP contribution in [0.4, 0.5) is 4.39 Å². The van der Waals surface area contributed by atoms with Gasteiger partial charge in [0, 0.05) is 12.1 Å². The first-order valence-corrected chi connectivity index (χ1v) is 6.26. The van der Waals surface area contributed by atoms with Crippen molar-refractivity contribution in [2.45, 2.75) is 12.5 Å². The molecular weight excluding hydrogens is 245 g/mol. The molecule has 0 aliphatic carbocycles. The molecule has 3 rings (SSSR count). The Kier molecular flexibility index (Phi) is 3.37. The minimum atomic E-state index is -0.286. The van der Waals surface area contributed by atoms with Gasteiger partial charge in [0.2, 0.25) is 5.88 Å². The molecule has 1 atom stereocenters.